The average Bonchev–Trinajstić information content (AvgIpc) is 3.25. The second-order valence-corrected chi connectivity index (χ2v) is 11.9. The van der Waals surface area contributed by atoms with Gasteiger partial charge in [0.2, 0.25) is 5.95 Å². The van der Waals surface area contributed by atoms with Crippen LogP contribution in [0.2, 0.25) is 0 Å². The van der Waals surface area contributed by atoms with Crippen LogP contribution in [0.25, 0.3) is 10.6 Å². The van der Waals surface area contributed by atoms with Crippen LogP contribution in [0.15, 0.2) is 54.7 Å². The number of hydrogen-bond donors (Lipinski definition) is 2. The number of thiophene rings is 1. The Bertz CT molecular complexity index is 1130. The Kier molecular flexibility index (Phi) is 7.85. The molecule has 184 valence electrons. The summed E-state index contributed by atoms with van der Waals surface area (Å²) in [6.07, 6.45) is 4.41. The summed E-state index contributed by atoms with van der Waals surface area (Å²) >= 11 is 1.76. The molecule has 2 aromatic heterocycles. The molecule has 1 aromatic carbocycles. The molecule has 2 N–H and O–H groups in total. The summed E-state index contributed by atoms with van der Waals surface area (Å²) in [7, 11) is 0. The van der Waals surface area contributed by atoms with Gasteiger partial charge in [-0.1, -0.05) is 30.3 Å². The van der Waals surface area contributed by atoms with E-state index in [1.54, 1.807) is 11.3 Å². The van der Waals surface area contributed by atoms with E-state index in [2.05, 4.69) is 90.7 Å². The van der Waals surface area contributed by atoms with Crippen LogP contribution in [-0.2, 0) is 13.1 Å². The summed E-state index contributed by atoms with van der Waals surface area (Å²) in [6.45, 7) is 11.4. The molecule has 3 heterocycles. The quantitative estimate of drug-likeness (QED) is 0.394. The van der Waals surface area contributed by atoms with E-state index < -0.39 is 0 Å². The lowest BCUT2D eigenvalue weighted by atomic mass is 9.80. The number of nitrogens with zero attached hydrogens (tertiary/aromatic N) is 4. The zero-order valence-electron chi connectivity index (χ0n) is 21.2. The van der Waals surface area contributed by atoms with Gasteiger partial charge in [0.05, 0.1) is 16.6 Å². The molecule has 0 radical (unpaired) electrons. The van der Waals surface area contributed by atoms with Gasteiger partial charge in [0.15, 0.2) is 0 Å². The van der Waals surface area contributed by atoms with Crippen molar-refractivity contribution in [1.82, 2.24) is 20.2 Å². The molecule has 0 amide bonds. The lowest BCUT2D eigenvalue weighted by Crippen LogP contribution is -2.60. The van der Waals surface area contributed by atoms with E-state index in [1.807, 2.05) is 18.3 Å². The van der Waals surface area contributed by atoms with Crippen molar-refractivity contribution in [3.05, 3.63) is 65.2 Å². The standard InChI is InChI=1S/C28H36N6S/c1-27(2)17-22(18-28(3,4)33-27)31-26-30-15-13-24(32-26)25-12-11-23(35-25)20-34(16-8-14-29)19-21-9-6-5-7-10-21/h5-7,9-13,15,22,33H,8,16-20H2,1-4H3,(H,30,31,32). The fourth-order valence-corrected chi connectivity index (χ4v) is 6.28. The van der Waals surface area contributed by atoms with Gasteiger partial charge in [-0.15, -0.1) is 11.3 Å². The summed E-state index contributed by atoms with van der Waals surface area (Å²) in [4.78, 5) is 14.1. The first-order valence-corrected chi connectivity index (χ1v) is 13.1. The van der Waals surface area contributed by atoms with E-state index in [4.69, 9.17) is 10.2 Å². The molecular weight excluding hydrogens is 452 g/mol. The number of anilines is 1. The highest BCUT2D eigenvalue weighted by Gasteiger charge is 2.37. The van der Waals surface area contributed by atoms with E-state index in [-0.39, 0.29) is 11.1 Å². The minimum atomic E-state index is 0.0663. The Morgan fingerprint density at radius 1 is 1.06 bits per heavy atom. The molecule has 0 spiro atoms. The Balaban J connectivity index is 1.44. The van der Waals surface area contributed by atoms with Crippen molar-refractivity contribution < 1.29 is 0 Å². The maximum Gasteiger partial charge on any atom is 0.223 e. The lowest BCUT2D eigenvalue weighted by Gasteiger charge is -2.46. The van der Waals surface area contributed by atoms with Crippen LogP contribution in [0, 0.1) is 11.3 Å². The first-order chi connectivity index (χ1) is 16.7. The molecule has 1 fully saturated rings. The lowest BCUT2D eigenvalue weighted by molar-refractivity contribution is 0.170. The van der Waals surface area contributed by atoms with Crippen LogP contribution >= 0.6 is 11.3 Å². The minimum Gasteiger partial charge on any atom is -0.351 e. The van der Waals surface area contributed by atoms with Crippen LogP contribution in [0.1, 0.15) is 57.4 Å². The Morgan fingerprint density at radius 3 is 2.51 bits per heavy atom. The van der Waals surface area contributed by atoms with Crippen LogP contribution in [-0.4, -0.2) is 38.5 Å². The molecule has 6 nitrogen and oxygen atoms in total. The van der Waals surface area contributed by atoms with Gasteiger partial charge in [-0.2, -0.15) is 5.26 Å². The highest BCUT2D eigenvalue weighted by Crippen LogP contribution is 2.31. The molecule has 0 unspecified atom stereocenters. The highest BCUT2D eigenvalue weighted by molar-refractivity contribution is 7.15. The number of nitrogens with one attached hydrogen (secondary N) is 2. The van der Waals surface area contributed by atoms with Gasteiger partial charge < -0.3 is 10.6 Å². The maximum atomic E-state index is 9.10. The van der Waals surface area contributed by atoms with Crippen molar-refractivity contribution in [1.29, 1.82) is 5.26 Å². The second kappa shape index (κ2) is 10.9. The Hall–Kier alpha value is -2.79. The fourth-order valence-electron chi connectivity index (χ4n) is 5.26. The summed E-state index contributed by atoms with van der Waals surface area (Å²) in [5.74, 6) is 0.690. The number of nitriles is 1. The van der Waals surface area contributed by atoms with E-state index in [0.717, 1.165) is 43.0 Å². The SMILES string of the molecule is CC1(C)CC(Nc2nccc(-c3ccc(CN(CCC#N)Cc4ccccc4)s3)n2)CC(C)(C)N1. The van der Waals surface area contributed by atoms with E-state index in [0.29, 0.717) is 18.4 Å². The number of benzene rings is 1. The molecule has 35 heavy (non-hydrogen) atoms. The average molecular weight is 489 g/mol. The summed E-state index contributed by atoms with van der Waals surface area (Å²) < 4.78 is 0. The molecule has 0 aliphatic carbocycles. The van der Waals surface area contributed by atoms with E-state index in [1.165, 1.54) is 10.4 Å². The largest absolute Gasteiger partial charge is 0.351 e. The third kappa shape index (κ3) is 7.35. The van der Waals surface area contributed by atoms with Crippen LogP contribution in [0.5, 0.6) is 0 Å². The van der Waals surface area contributed by atoms with Crippen molar-refractivity contribution in [3.8, 4) is 16.6 Å². The first-order valence-electron chi connectivity index (χ1n) is 12.3. The summed E-state index contributed by atoms with van der Waals surface area (Å²) in [5.41, 5.74) is 2.34. The van der Waals surface area contributed by atoms with Crippen molar-refractivity contribution in [2.45, 2.75) is 77.2 Å². The van der Waals surface area contributed by atoms with Gasteiger partial charge in [0, 0.05) is 54.2 Å². The maximum absolute atomic E-state index is 9.10. The van der Waals surface area contributed by atoms with E-state index in [9.17, 15) is 0 Å². The van der Waals surface area contributed by atoms with Crippen LogP contribution in [0.3, 0.4) is 0 Å². The molecule has 4 rings (SSSR count). The van der Waals surface area contributed by atoms with Gasteiger partial charge in [0.1, 0.15) is 0 Å². The molecule has 1 aliphatic heterocycles. The van der Waals surface area contributed by atoms with Crippen molar-refractivity contribution in [2.24, 2.45) is 0 Å². The molecule has 0 saturated carbocycles. The molecule has 0 bridgehead atoms. The Labute approximate surface area is 213 Å². The van der Waals surface area contributed by atoms with Gasteiger partial charge in [0.25, 0.3) is 0 Å². The van der Waals surface area contributed by atoms with Gasteiger partial charge in [-0.3, -0.25) is 4.90 Å². The third-order valence-electron chi connectivity index (χ3n) is 6.26. The predicted octanol–water partition coefficient (Wildman–Crippen LogP) is 5.84. The van der Waals surface area contributed by atoms with Crippen molar-refractivity contribution in [2.75, 3.05) is 11.9 Å². The normalized spacial score (nSPS) is 17.3. The molecule has 7 heteroatoms. The minimum absolute atomic E-state index is 0.0663. The molecular formula is C28H36N6S. The van der Waals surface area contributed by atoms with Crippen LogP contribution < -0.4 is 10.6 Å². The van der Waals surface area contributed by atoms with E-state index >= 15 is 0 Å². The molecule has 3 aromatic rings. The highest BCUT2D eigenvalue weighted by atomic mass is 32.1. The molecule has 0 atom stereocenters. The predicted molar refractivity (Wildman–Crippen MR) is 144 cm³/mol. The smallest absolute Gasteiger partial charge is 0.223 e. The number of aromatic nitrogens is 2. The van der Waals surface area contributed by atoms with Crippen molar-refractivity contribution in [3.63, 3.8) is 0 Å². The zero-order chi connectivity index (χ0) is 24.9. The van der Waals surface area contributed by atoms with Crippen LogP contribution in [0.4, 0.5) is 5.95 Å². The van der Waals surface area contributed by atoms with Crippen molar-refractivity contribution >= 4 is 17.3 Å². The number of rotatable bonds is 9. The molecule has 1 saturated heterocycles. The Morgan fingerprint density at radius 2 is 1.80 bits per heavy atom. The fraction of sp³-hybridized carbons (Fsp3) is 0.464. The molecule has 1 aliphatic rings. The topological polar surface area (TPSA) is 76.9 Å². The zero-order valence-corrected chi connectivity index (χ0v) is 22.0. The van der Waals surface area contributed by atoms with Gasteiger partial charge in [-0.05, 0) is 64.3 Å². The third-order valence-corrected chi connectivity index (χ3v) is 7.35. The summed E-state index contributed by atoms with van der Waals surface area (Å²) in [5, 5.41) is 16.4. The first kappa shape index (κ1) is 25.3. The number of piperidine rings is 1. The second-order valence-electron chi connectivity index (χ2n) is 10.8. The number of hydrogen-bond acceptors (Lipinski definition) is 7. The summed E-state index contributed by atoms with van der Waals surface area (Å²) in [6, 6.07) is 19.3. The van der Waals surface area contributed by atoms with Gasteiger partial charge in [-0.25, -0.2) is 9.97 Å². The monoisotopic (exact) mass is 488 g/mol. The van der Waals surface area contributed by atoms with Gasteiger partial charge >= 0.3 is 0 Å².